The van der Waals surface area contributed by atoms with Crippen LogP contribution in [0.2, 0.25) is 0 Å². The third-order valence-corrected chi connectivity index (χ3v) is 1.60. The first kappa shape index (κ1) is 10.5. The summed E-state index contributed by atoms with van der Waals surface area (Å²) in [6, 6.07) is 0.979. The van der Waals surface area contributed by atoms with E-state index in [1.54, 1.807) is 0 Å². The highest BCUT2D eigenvalue weighted by molar-refractivity contribution is 5.89. The van der Waals surface area contributed by atoms with Crippen molar-refractivity contribution in [3.8, 4) is 0 Å². The number of halogens is 3. The Morgan fingerprint density at radius 2 is 2.07 bits per heavy atom. The summed E-state index contributed by atoms with van der Waals surface area (Å²) in [5, 5.41) is 8.56. The number of alkyl halides is 3. The van der Waals surface area contributed by atoms with Gasteiger partial charge >= 0.3 is 5.97 Å². The largest absolute Gasteiger partial charge is 0.478 e. The zero-order valence-corrected chi connectivity index (χ0v) is 6.82. The number of hydrogen-bond donors (Lipinski definition) is 1. The topological polar surface area (TPSA) is 50.2 Å². The smallest absolute Gasteiger partial charge is 0.336 e. The Morgan fingerprint density at radius 3 is 2.57 bits per heavy atom. The van der Waals surface area contributed by atoms with Gasteiger partial charge in [0.1, 0.15) is 0 Å². The van der Waals surface area contributed by atoms with Crippen molar-refractivity contribution in [2.75, 3.05) is 0 Å². The molecule has 0 saturated carbocycles. The summed E-state index contributed by atoms with van der Waals surface area (Å²) in [4.78, 5) is 13.9. The highest BCUT2D eigenvalue weighted by Gasteiger charge is 2.26. The van der Waals surface area contributed by atoms with Crippen LogP contribution in [0.3, 0.4) is 0 Å². The highest BCUT2D eigenvalue weighted by atomic mass is 19.3. The zero-order valence-electron chi connectivity index (χ0n) is 6.82. The molecule has 1 rings (SSSR count). The van der Waals surface area contributed by atoms with E-state index in [1.807, 2.05) is 0 Å². The van der Waals surface area contributed by atoms with Gasteiger partial charge in [-0.1, -0.05) is 0 Å². The molecule has 1 atom stereocenters. The number of rotatable bonds is 3. The summed E-state index contributed by atoms with van der Waals surface area (Å²) in [5.41, 5.74) is -1.09. The Hall–Kier alpha value is -1.59. The van der Waals surface area contributed by atoms with E-state index in [1.165, 1.54) is 0 Å². The zero-order chi connectivity index (χ0) is 10.7. The predicted molar refractivity (Wildman–Crippen MR) is 41.0 cm³/mol. The van der Waals surface area contributed by atoms with Crippen LogP contribution in [-0.2, 0) is 0 Å². The molecule has 1 aromatic heterocycles. The van der Waals surface area contributed by atoms with Gasteiger partial charge in [0, 0.05) is 18.0 Å². The SMILES string of the molecule is O=C(O)c1ccncc1C(F)C(F)F. The van der Waals surface area contributed by atoms with E-state index >= 15 is 0 Å². The molecule has 14 heavy (non-hydrogen) atoms. The van der Waals surface area contributed by atoms with Crippen LogP contribution >= 0.6 is 0 Å². The van der Waals surface area contributed by atoms with Crippen molar-refractivity contribution in [2.24, 2.45) is 0 Å². The molecule has 0 bridgehead atoms. The minimum absolute atomic E-state index is 0.493. The van der Waals surface area contributed by atoms with Gasteiger partial charge in [0.15, 0.2) is 6.17 Å². The molecule has 1 unspecified atom stereocenters. The lowest BCUT2D eigenvalue weighted by atomic mass is 10.1. The highest BCUT2D eigenvalue weighted by Crippen LogP contribution is 2.26. The van der Waals surface area contributed by atoms with Gasteiger partial charge in [-0.3, -0.25) is 4.98 Å². The summed E-state index contributed by atoms with van der Waals surface area (Å²) in [6.07, 6.45) is -3.97. The van der Waals surface area contributed by atoms with Gasteiger partial charge in [-0.15, -0.1) is 0 Å². The molecule has 3 nitrogen and oxygen atoms in total. The van der Waals surface area contributed by atoms with E-state index in [0.717, 1.165) is 18.5 Å². The maximum atomic E-state index is 12.8. The van der Waals surface area contributed by atoms with E-state index in [4.69, 9.17) is 5.11 Å². The number of carbonyl (C=O) groups is 1. The normalized spacial score (nSPS) is 12.9. The maximum Gasteiger partial charge on any atom is 0.336 e. The molecular formula is C8H6F3NO2. The lowest BCUT2D eigenvalue weighted by Crippen LogP contribution is -2.10. The summed E-state index contributed by atoms with van der Waals surface area (Å²) in [5.74, 6) is -1.45. The number of nitrogens with zero attached hydrogens (tertiary/aromatic N) is 1. The maximum absolute atomic E-state index is 12.8. The van der Waals surface area contributed by atoms with E-state index < -0.39 is 29.7 Å². The molecule has 0 fully saturated rings. The number of aromatic nitrogens is 1. The number of pyridine rings is 1. The molecule has 0 aliphatic carbocycles. The molecule has 1 aromatic rings. The van der Waals surface area contributed by atoms with E-state index in [0.29, 0.717) is 0 Å². The van der Waals surface area contributed by atoms with Crippen LogP contribution in [0.25, 0.3) is 0 Å². The minimum atomic E-state index is -3.25. The molecular weight excluding hydrogens is 199 g/mol. The van der Waals surface area contributed by atoms with Crippen molar-refractivity contribution in [3.63, 3.8) is 0 Å². The summed E-state index contributed by atoms with van der Waals surface area (Å²) >= 11 is 0. The van der Waals surface area contributed by atoms with Crippen LogP contribution in [0.4, 0.5) is 13.2 Å². The molecule has 0 radical (unpaired) electrons. The van der Waals surface area contributed by atoms with E-state index in [2.05, 4.69) is 4.98 Å². The summed E-state index contributed by atoms with van der Waals surface area (Å²) < 4.78 is 36.7. The molecule has 0 aliphatic heterocycles. The molecule has 0 amide bonds. The average molecular weight is 205 g/mol. The fraction of sp³-hybridized carbons (Fsp3) is 0.250. The van der Waals surface area contributed by atoms with Crippen LogP contribution in [0.15, 0.2) is 18.5 Å². The lowest BCUT2D eigenvalue weighted by molar-refractivity contribution is 0.0475. The monoisotopic (exact) mass is 205 g/mol. The molecule has 0 aromatic carbocycles. The van der Waals surface area contributed by atoms with Crippen LogP contribution in [0.5, 0.6) is 0 Å². The number of aromatic carboxylic acids is 1. The third kappa shape index (κ3) is 2.01. The summed E-state index contributed by atoms with van der Waals surface area (Å²) in [7, 11) is 0. The first-order chi connectivity index (χ1) is 6.54. The molecule has 0 saturated heterocycles. The predicted octanol–water partition coefficient (Wildman–Crippen LogP) is 2.06. The molecule has 1 N–H and O–H groups in total. The fourth-order valence-corrected chi connectivity index (χ4v) is 0.957. The van der Waals surface area contributed by atoms with E-state index in [9.17, 15) is 18.0 Å². The van der Waals surface area contributed by atoms with Gasteiger partial charge in [0.2, 0.25) is 0 Å². The van der Waals surface area contributed by atoms with Crippen molar-refractivity contribution in [3.05, 3.63) is 29.6 Å². The van der Waals surface area contributed by atoms with Gasteiger partial charge in [0.05, 0.1) is 5.56 Å². The van der Waals surface area contributed by atoms with Crippen LogP contribution < -0.4 is 0 Å². The fourth-order valence-electron chi connectivity index (χ4n) is 0.957. The summed E-state index contributed by atoms with van der Waals surface area (Å²) in [6.45, 7) is 0. The Morgan fingerprint density at radius 1 is 1.43 bits per heavy atom. The second kappa shape index (κ2) is 4.08. The Labute approximate surface area is 77.2 Å². The quantitative estimate of drug-likeness (QED) is 0.821. The standard InChI is InChI=1S/C8H6F3NO2/c9-6(7(10)11)5-3-12-2-1-4(5)8(13)14/h1-3,6-7H,(H,13,14). The molecule has 6 heteroatoms. The third-order valence-electron chi connectivity index (χ3n) is 1.60. The molecule has 0 spiro atoms. The molecule has 76 valence electrons. The lowest BCUT2D eigenvalue weighted by Gasteiger charge is -2.08. The second-order valence-corrected chi connectivity index (χ2v) is 2.50. The van der Waals surface area contributed by atoms with Gasteiger partial charge in [-0.25, -0.2) is 18.0 Å². The van der Waals surface area contributed by atoms with Gasteiger partial charge in [0.25, 0.3) is 6.43 Å². The van der Waals surface area contributed by atoms with Gasteiger partial charge in [-0.05, 0) is 6.07 Å². The van der Waals surface area contributed by atoms with Crippen molar-refractivity contribution >= 4 is 5.97 Å². The van der Waals surface area contributed by atoms with Gasteiger partial charge < -0.3 is 5.11 Å². The van der Waals surface area contributed by atoms with Crippen LogP contribution in [0.1, 0.15) is 22.1 Å². The Balaban J connectivity index is 3.13. The Kier molecular flexibility index (Phi) is 3.06. The first-order valence-corrected chi connectivity index (χ1v) is 3.63. The first-order valence-electron chi connectivity index (χ1n) is 3.63. The minimum Gasteiger partial charge on any atom is -0.478 e. The van der Waals surface area contributed by atoms with Crippen molar-refractivity contribution in [1.29, 1.82) is 0 Å². The molecule has 0 aliphatic rings. The van der Waals surface area contributed by atoms with Crippen molar-refractivity contribution in [2.45, 2.75) is 12.6 Å². The van der Waals surface area contributed by atoms with Crippen molar-refractivity contribution in [1.82, 2.24) is 4.98 Å². The Bertz CT molecular complexity index is 343. The number of carboxylic acid groups (broad SMARTS) is 1. The van der Waals surface area contributed by atoms with Crippen molar-refractivity contribution < 1.29 is 23.1 Å². The van der Waals surface area contributed by atoms with E-state index in [-0.39, 0.29) is 0 Å². The van der Waals surface area contributed by atoms with Gasteiger partial charge in [-0.2, -0.15) is 0 Å². The molecule has 1 heterocycles. The number of carboxylic acids is 1. The number of hydrogen-bond acceptors (Lipinski definition) is 2. The second-order valence-electron chi connectivity index (χ2n) is 2.50. The average Bonchev–Trinajstić information content (AvgIpc) is 2.16. The van der Waals surface area contributed by atoms with Crippen LogP contribution in [0, 0.1) is 0 Å². The van der Waals surface area contributed by atoms with Crippen LogP contribution in [-0.4, -0.2) is 22.5 Å².